The molecule has 0 saturated heterocycles. The summed E-state index contributed by atoms with van der Waals surface area (Å²) in [5, 5.41) is 5.02. The molecule has 4 nitrogen and oxygen atoms in total. The summed E-state index contributed by atoms with van der Waals surface area (Å²) < 4.78 is 11.8. The van der Waals surface area contributed by atoms with Gasteiger partial charge in [0.05, 0.1) is 22.4 Å². The number of rotatable bonds is 6. The van der Waals surface area contributed by atoms with Gasteiger partial charge in [-0.1, -0.05) is 121 Å². The first-order valence-electron chi connectivity index (χ1n) is 19.9. The van der Waals surface area contributed by atoms with Crippen LogP contribution >= 0.6 is 11.3 Å². The Hall–Kier alpha value is -7.60. The first-order chi connectivity index (χ1) is 29.2. The minimum absolute atomic E-state index is 0.793. The fourth-order valence-electron chi connectivity index (χ4n) is 8.87. The lowest BCUT2D eigenvalue weighted by Gasteiger charge is -2.34. The van der Waals surface area contributed by atoms with Crippen molar-refractivity contribution in [3.05, 3.63) is 212 Å². The van der Waals surface area contributed by atoms with Crippen LogP contribution in [-0.2, 0) is 0 Å². The van der Waals surface area contributed by atoms with Gasteiger partial charge < -0.3 is 19.1 Å². The van der Waals surface area contributed by atoms with E-state index < -0.39 is 0 Å². The summed E-state index contributed by atoms with van der Waals surface area (Å²) in [4.78, 5) is 4.70. The molecule has 0 unspecified atom stereocenters. The van der Waals surface area contributed by atoms with E-state index in [0.29, 0.717) is 0 Å². The van der Waals surface area contributed by atoms with Crippen LogP contribution in [0.15, 0.2) is 212 Å². The van der Waals surface area contributed by atoms with E-state index in [2.05, 4.69) is 221 Å². The first kappa shape index (κ1) is 33.5. The Morgan fingerprint density at radius 2 is 1.02 bits per heavy atom. The van der Waals surface area contributed by atoms with Crippen molar-refractivity contribution in [2.24, 2.45) is 0 Å². The Kier molecular flexibility index (Phi) is 7.68. The van der Waals surface area contributed by atoms with Crippen LogP contribution in [0, 0.1) is 0 Å². The predicted molar refractivity (Wildman–Crippen MR) is 249 cm³/mol. The van der Waals surface area contributed by atoms with Gasteiger partial charge in [-0.25, -0.2) is 0 Å². The van der Waals surface area contributed by atoms with Gasteiger partial charge in [-0.05, 0) is 96.1 Å². The van der Waals surface area contributed by atoms with Crippen LogP contribution in [0.2, 0.25) is 0 Å². The van der Waals surface area contributed by atoms with Crippen LogP contribution in [-0.4, -0.2) is 4.57 Å². The second-order valence-electron chi connectivity index (χ2n) is 15.0. The van der Waals surface area contributed by atoms with Gasteiger partial charge in [-0.15, -0.1) is 11.3 Å². The van der Waals surface area contributed by atoms with Crippen molar-refractivity contribution in [3.63, 3.8) is 0 Å². The van der Waals surface area contributed by atoms with Crippen molar-refractivity contribution in [1.82, 2.24) is 4.57 Å². The van der Waals surface area contributed by atoms with E-state index in [-0.39, 0.29) is 0 Å². The van der Waals surface area contributed by atoms with E-state index in [9.17, 15) is 0 Å². The molecule has 11 aromatic rings. The topological polar surface area (TPSA) is 20.6 Å². The number of anilines is 6. The number of hydrogen-bond donors (Lipinski definition) is 0. The summed E-state index contributed by atoms with van der Waals surface area (Å²) in [5.74, 6) is 1.61. The van der Waals surface area contributed by atoms with Gasteiger partial charge in [0.25, 0.3) is 0 Å². The lowest BCUT2D eigenvalue weighted by molar-refractivity contribution is 0.477. The highest BCUT2D eigenvalue weighted by molar-refractivity contribution is 7.25. The third-order valence-electron chi connectivity index (χ3n) is 11.5. The van der Waals surface area contributed by atoms with Crippen LogP contribution < -0.4 is 14.5 Å². The second kappa shape index (κ2) is 13.5. The zero-order chi connectivity index (χ0) is 38.9. The smallest absolute Gasteiger partial charge is 0.153 e. The lowest BCUT2D eigenvalue weighted by atomic mass is 10.0. The van der Waals surface area contributed by atoms with E-state index in [1.807, 2.05) is 17.4 Å². The molecule has 9 aromatic carbocycles. The first-order valence-corrected chi connectivity index (χ1v) is 20.7. The highest BCUT2D eigenvalue weighted by Gasteiger charge is 2.28. The summed E-state index contributed by atoms with van der Waals surface area (Å²) >= 11 is 1.84. The molecule has 0 spiro atoms. The Bertz CT molecular complexity index is 3390. The summed E-state index contributed by atoms with van der Waals surface area (Å²) in [7, 11) is 0. The Morgan fingerprint density at radius 3 is 1.92 bits per heavy atom. The quantitative estimate of drug-likeness (QED) is 0.168. The molecular formula is C54H35N3OS. The minimum Gasteiger partial charge on any atom is -0.453 e. The number of aromatic nitrogens is 1. The summed E-state index contributed by atoms with van der Waals surface area (Å²) in [5.41, 5.74) is 12.0. The summed E-state index contributed by atoms with van der Waals surface area (Å²) in [6.45, 7) is 0. The molecule has 0 atom stereocenters. The molecule has 0 aliphatic carbocycles. The van der Waals surface area contributed by atoms with Crippen LogP contribution in [0.5, 0.6) is 11.5 Å². The third-order valence-corrected chi connectivity index (χ3v) is 12.7. The van der Waals surface area contributed by atoms with E-state index >= 15 is 0 Å². The molecule has 59 heavy (non-hydrogen) atoms. The predicted octanol–water partition coefficient (Wildman–Crippen LogP) is 15.9. The van der Waals surface area contributed by atoms with E-state index in [1.165, 1.54) is 42.0 Å². The number of benzene rings is 9. The molecule has 3 heterocycles. The normalized spacial score (nSPS) is 12.2. The van der Waals surface area contributed by atoms with E-state index in [1.54, 1.807) is 0 Å². The van der Waals surface area contributed by atoms with Gasteiger partial charge in [0.15, 0.2) is 11.5 Å². The SMILES string of the molecule is c1ccc(-c2cccc(N(c3ccc4c(c3)Oc3ccccc3N4c3ccc4c(c3)sc3ccccc34)c3ccc4c5ccccc5n(-c5ccccc5)c4c3)c2)cc1. The third kappa shape index (κ3) is 5.51. The fourth-order valence-corrected chi connectivity index (χ4v) is 10.0. The molecule has 0 fully saturated rings. The van der Waals surface area contributed by atoms with Crippen LogP contribution in [0.1, 0.15) is 0 Å². The van der Waals surface area contributed by atoms with Crippen LogP contribution in [0.4, 0.5) is 34.1 Å². The number of nitrogens with zero attached hydrogens (tertiary/aromatic N) is 3. The lowest BCUT2D eigenvalue weighted by Crippen LogP contribution is -2.17. The molecule has 0 N–H and O–H groups in total. The minimum atomic E-state index is 0.793. The highest BCUT2D eigenvalue weighted by atomic mass is 32.1. The van der Waals surface area contributed by atoms with E-state index in [0.717, 1.165) is 62.4 Å². The molecule has 1 aliphatic rings. The summed E-state index contributed by atoms with van der Waals surface area (Å²) in [6, 6.07) is 76.1. The number of ether oxygens (including phenoxy) is 1. The standard InChI is InChI=1S/C54H35N3OS/c1-3-14-36(15-4-1)37-16-13-19-39(32-37)55(40-26-29-44-43-20-7-9-22-47(43)56(50(44)33-40)38-17-5-2-6-18-38)41-28-31-49-52(34-41)58-51-24-11-10-23-48(51)57(49)42-27-30-46-45-21-8-12-25-53(45)59-54(46)35-42/h1-35H. The molecule has 0 saturated carbocycles. The van der Waals surface area contributed by atoms with Crippen molar-refractivity contribution in [3.8, 4) is 28.3 Å². The van der Waals surface area contributed by atoms with Gasteiger partial charge in [0.2, 0.25) is 0 Å². The number of hydrogen-bond acceptors (Lipinski definition) is 4. The van der Waals surface area contributed by atoms with Gasteiger partial charge >= 0.3 is 0 Å². The maximum Gasteiger partial charge on any atom is 0.153 e. The fraction of sp³-hybridized carbons (Fsp3) is 0. The van der Waals surface area contributed by atoms with Crippen molar-refractivity contribution in [2.45, 2.75) is 0 Å². The Balaban J connectivity index is 1.05. The van der Waals surface area contributed by atoms with Crippen molar-refractivity contribution < 1.29 is 4.74 Å². The van der Waals surface area contributed by atoms with Crippen LogP contribution in [0.25, 0.3) is 58.8 Å². The molecule has 5 heteroatoms. The molecular weight excluding hydrogens is 739 g/mol. The van der Waals surface area contributed by atoms with Crippen molar-refractivity contribution >= 4 is 87.4 Å². The zero-order valence-corrected chi connectivity index (χ0v) is 32.7. The Labute approximate surface area is 345 Å². The molecule has 0 bridgehead atoms. The summed E-state index contributed by atoms with van der Waals surface area (Å²) in [6.07, 6.45) is 0. The van der Waals surface area contributed by atoms with Gasteiger partial charge in [-0.2, -0.15) is 0 Å². The van der Waals surface area contributed by atoms with Gasteiger partial charge in [-0.3, -0.25) is 0 Å². The molecule has 0 radical (unpaired) electrons. The van der Waals surface area contributed by atoms with Crippen molar-refractivity contribution in [1.29, 1.82) is 0 Å². The van der Waals surface area contributed by atoms with Gasteiger partial charge in [0, 0.05) is 65.4 Å². The Morgan fingerprint density at radius 1 is 0.373 bits per heavy atom. The van der Waals surface area contributed by atoms with Crippen LogP contribution in [0.3, 0.4) is 0 Å². The average molecular weight is 774 g/mol. The molecule has 1 aliphatic heterocycles. The molecule has 12 rings (SSSR count). The maximum atomic E-state index is 6.84. The molecule has 0 amide bonds. The monoisotopic (exact) mass is 773 g/mol. The maximum absolute atomic E-state index is 6.84. The molecule has 278 valence electrons. The van der Waals surface area contributed by atoms with Gasteiger partial charge in [0.1, 0.15) is 0 Å². The largest absolute Gasteiger partial charge is 0.453 e. The number of thiophene rings is 1. The average Bonchev–Trinajstić information content (AvgIpc) is 3.84. The van der Waals surface area contributed by atoms with Crippen molar-refractivity contribution in [2.75, 3.05) is 9.80 Å². The second-order valence-corrected chi connectivity index (χ2v) is 16.1. The number of fused-ring (bicyclic) bond motifs is 8. The van der Waals surface area contributed by atoms with E-state index in [4.69, 9.17) is 4.74 Å². The molecule has 2 aromatic heterocycles. The number of para-hydroxylation sites is 4. The highest BCUT2D eigenvalue weighted by Crippen LogP contribution is 2.53. The zero-order valence-electron chi connectivity index (χ0n) is 31.9.